The fourth-order valence-corrected chi connectivity index (χ4v) is 3.76. The van der Waals surface area contributed by atoms with Crippen LogP contribution in [0.3, 0.4) is 0 Å². The minimum Gasteiger partial charge on any atom is -0.496 e. The average molecular weight is 373 g/mol. The number of benzene rings is 2. The maximum absolute atomic E-state index is 12.8. The summed E-state index contributed by atoms with van der Waals surface area (Å²) in [5.74, 6) is 1.59. The summed E-state index contributed by atoms with van der Waals surface area (Å²) in [5.41, 5.74) is 1.95. The first kappa shape index (κ1) is 17.9. The lowest BCUT2D eigenvalue weighted by molar-refractivity contribution is 0.381. The Kier molecular flexibility index (Phi) is 4.94. The predicted octanol–water partition coefficient (Wildman–Crippen LogP) is 3.09. The van der Waals surface area contributed by atoms with Gasteiger partial charge in [-0.2, -0.15) is 4.98 Å². The van der Waals surface area contributed by atoms with E-state index in [0.717, 1.165) is 11.1 Å². The zero-order valence-corrected chi connectivity index (χ0v) is 15.5. The first-order valence-corrected chi connectivity index (χ1v) is 9.42. The van der Waals surface area contributed by atoms with Crippen LogP contribution < -0.4 is 9.46 Å². The molecule has 0 atom stereocenters. The van der Waals surface area contributed by atoms with Gasteiger partial charge in [0, 0.05) is 0 Å². The van der Waals surface area contributed by atoms with E-state index in [1.165, 1.54) is 6.07 Å². The smallest absolute Gasteiger partial charge is 0.261 e. The molecule has 0 spiro atoms. The number of nitrogens with zero attached hydrogens (tertiary/aromatic N) is 2. The quantitative estimate of drug-likeness (QED) is 0.713. The molecule has 0 saturated carbocycles. The first-order valence-electron chi connectivity index (χ1n) is 7.93. The molecule has 0 fully saturated rings. The second-order valence-corrected chi connectivity index (χ2v) is 7.49. The molecule has 0 aliphatic carbocycles. The van der Waals surface area contributed by atoms with Crippen molar-refractivity contribution < 1.29 is 17.7 Å². The van der Waals surface area contributed by atoms with Crippen molar-refractivity contribution in [3.63, 3.8) is 0 Å². The van der Waals surface area contributed by atoms with Gasteiger partial charge < -0.3 is 9.26 Å². The lowest BCUT2D eigenvalue weighted by atomic mass is 10.1. The Morgan fingerprint density at radius 3 is 2.58 bits per heavy atom. The Morgan fingerprint density at radius 2 is 1.92 bits per heavy atom. The van der Waals surface area contributed by atoms with Crippen molar-refractivity contribution in [3.05, 3.63) is 65.3 Å². The highest BCUT2D eigenvalue weighted by Gasteiger charge is 2.18. The van der Waals surface area contributed by atoms with Crippen LogP contribution in [0.5, 0.6) is 5.75 Å². The number of sulfonamides is 1. The summed E-state index contributed by atoms with van der Waals surface area (Å²) in [6.07, 6.45) is 0.334. The van der Waals surface area contributed by atoms with Crippen LogP contribution in [0.4, 0.5) is 5.69 Å². The lowest BCUT2D eigenvalue weighted by Gasteiger charge is -2.13. The third-order valence-corrected chi connectivity index (χ3v) is 5.21. The van der Waals surface area contributed by atoms with Crippen molar-refractivity contribution in [1.82, 2.24) is 10.1 Å². The van der Waals surface area contributed by atoms with Crippen LogP contribution in [0, 0.1) is 13.8 Å². The van der Waals surface area contributed by atoms with Gasteiger partial charge in [-0.3, -0.25) is 4.72 Å². The van der Waals surface area contributed by atoms with Gasteiger partial charge in [0.2, 0.25) is 5.89 Å². The molecule has 0 aliphatic heterocycles. The molecule has 0 bridgehead atoms. The van der Waals surface area contributed by atoms with Gasteiger partial charge in [-0.25, -0.2) is 8.42 Å². The van der Waals surface area contributed by atoms with Crippen molar-refractivity contribution in [3.8, 4) is 5.75 Å². The highest BCUT2D eigenvalue weighted by atomic mass is 32.2. The molecule has 3 rings (SSSR count). The Hall–Kier alpha value is -2.87. The number of aryl methyl sites for hydroxylation is 2. The Bertz CT molecular complexity index is 1030. The van der Waals surface area contributed by atoms with E-state index in [-0.39, 0.29) is 4.90 Å². The number of anilines is 1. The zero-order chi connectivity index (χ0) is 18.7. The molecule has 26 heavy (non-hydrogen) atoms. The highest BCUT2D eigenvalue weighted by Crippen LogP contribution is 2.25. The van der Waals surface area contributed by atoms with Crippen LogP contribution in [-0.2, 0) is 16.4 Å². The van der Waals surface area contributed by atoms with Crippen LogP contribution in [0.15, 0.2) is 51.9 Å². The van der Waals surface area contributed by atoms with Crippen LogP contribution in [-0.4, -0.2) is 25.7 Å². The van der Waals surface area contributed by atoms with Crippen LogP contribution in [0.1, 0.15) is 22.8 Å². The van der Waals surface area contributed by atoms with E-state index in [2.05, 4.69) is 14.9 Å². The maximum Gasteiger partial charge on any atom is 0.261 e. The van der Waals surface area contributed by atoms with Crippen LogP contribution in [0.2, 0.25) is 0 Å². The minimum absolute atomic E-state index is 0.166. The Morgan fingerprint density at radius 1 is 1.15 bits per heavy atom. The molecule has 0 aliphatic rings. The number of methoxy groups -OCH3 is 1. The highest BCUT2D eigenvalue weighted by molar-refractivity contribution is 7.92. The lowest BCUT2D eigenvalue weighted by Crippen LogP contribution is -2.14. The van der Waals surface area contributed by atoms with Gasteiger partial charge in [-0.1, -0.05) is 23.4 Å². The summed E-state index contributed by atoms with van der Waals surface area (Å²) in [7, 11) is -2.20. The van der Waals surface area contributed by atoms with Gasteiger partial charge in [0.05, 0.1) is 24.1 Å². The maximum atomic E-state index is 12.8. The number of aromatic nitrogens is 2. The predicted molar refractivity (Wildman–Crippen MR) is 96.8 cm³/mol. The van der Waals surface area contributed by atoms with Crippen molar-refractivity contribution in [2.45, 2.75) is 25.2 Å². The van der Waals surface area contributed by atoms with E-state index < -0.39 is 10.0 Å². The summed E-state index contributed by atoms with van der Waals surface area (Å²) in [6, 6.07) is 11.8. The van der Waals surface area contributed by atoms with E-state index in [0.29, 0.717) is 29.6 Å². The molecular formula is C18H19N3O4S. The number of hydrogen-bond donors (Lipinski definition) is 1. The number of para-hydroxylation sites is 1. The molecular weight excluding hydrogens is 354 g/mol. The van der Waals surface area contributed by atoms with Crippen LogP contribution >= 0.6 is 0 Å². The monoisotopic (exact) mass is 373 g/mol. The molecule has 2 aromatic carbocycles. The van der Waals surface area contributed by atoms with Gasteiger partial charge in [0.25, 0.3) is 10.0 Å². The van der Waals surface area contributed by atoms with Crippen molar-refractivity contribution >= 4 is 15.7 Å². The number of hydrogen-bond acceptors (Lipinski definition) is 6. The molecule has 0 unspecified atom stereocenters. The number of ether oxygens (including phenoxy) is 1. The van der Waals surface area contributed by atoms with Crippen LogP contribution in [0.25, 0.3) is 0 Å². The molecule has 0 saturated heterocycles. The average Bonchev–Trinajstić information content (AvgIpc) is 3.01. The molecule has 1 N–H and O–H groups in total. The molecule has 3 aromatic rings. The van der Waals surface area contributed by atoms with Gasteiger partial charge >= 0.3 is 0 Å². The van der Waals surface area contributed by atoms with E-state index in [9.17, 15) is 8.42 Å². The molecule has 8 heteroatoms. The van der Waals surface area contributed by atoms with Crippen molar-refractivity contribution in [1.29, 1.82) is 0 Å². The SMILES string of the molecule is COc1ccc(S(=O)(=O)Nc2ccccc2Cc2nc(C)no2)cc1C. The second-order valence-electron chi connectivity index (χ2n) is 5.81. The fourth-order valence-electron chi connectivity index (χ4n) is 2.57. The summed E-state index contributed by atoms with van der Waals surface area (Å²) < 4.78 is 38.5. The van der Waals surface area contributed by atoms with Crippen molar-refractivity contribution in [2.75, 3.05) is 11.8 Å². The number of nitrogens with one attached hydrogen (secondary N) is 1. The second kappa shape index (κ2) is 7.17. The van der Waals surface area contributed by atoms with Crippen molar-refractivity contribution in [2.24, 2.45) is 0 Å². The standard InChI is InChI=1S/C18H19N3O4S/c1-12-10-15(8-9-17(12)24-3)26(22,23)21-16-7-5-4-6-14(16)11-18-19-13(2)20-25-18/h4-10,21H,11H2,1-3H3. The summed E-state index contributed by atoms with van der Waals surface area (Å²) >= 11 is 0. The van der Waals surface area contributed by atoms with Gasteiger partial charge in [0.1, 0.15) is 5.75 Å². The van der Waals surface area contributed by atoms with Gasteiger partial charge in [-0.05, 0) is 49.2 Å². The minimum atomic E-state index is -3.74. The molecule has 0 radical (unpaired) electrons. The fraction of sp³-hybridized carbons (Fsp3) is 0.222. The Balaban J connectivity index is 1.89. The summed E-state index contributed by atoms with van der Waals surface area (Å²) in [5, 5.41) is 3.75. The molecule has 0 amide bonds. The van der Waals surface area contributed by atoms with Gasteiger partial charge in [-0.15, -0.1) is 0 Å². The van der Waals surface area contributed by atoms with E-state index in [4.69, 9.17) is 9.26 Å². The van der Waals surface area contributed by atoms with E-state index >= 15 is 0 Å². The summed E-state index contributed by atoms with van der Waals surface area (Å²) in [4.78, 5) is 4.33. The first-order chi connectivity index (χ1) is 12.4. The van der Waals surface area contributed by atoms with E-state index in [1.807, 2.05) is 12.1 Å². The van der Waals surface area contributed by atoms with Gasteiger partial charge in [0.15, 0.2) is 5.82 Å². The van der Waals surface area contributed by atoms with E-state index in [1.54, 1.807) is 45.2 Å². The molecule has 7 nitrogen and oxygen atoms in total. The largest absolute Gasteiger partial charge is 0.496 e. The summed E-state index contributed by atoms with van der Waals surface area (Å²) in [6.45, 7) is 3.53. The molecule has 136 valence electrons. The third-order valence-electron chi connectivity index (χ3n) is 3.85. The molecule has 1 heterocycles. The molecule has 1 aromatic heterocycles. The zero-order valence-electron chi connectivity index (χ0n) is 14.7. The number of rotatable bonds is 6. The topological polar surface area (TPSA) is 94.3 Å². The third kappa shape index (κ3) is 3.85. The normalized spacial score (nSPS) is 11.3. The Labute approximate surface area is 152 Å².